The SMILES string of the molecule is COCC1CNCCN1c1ccc(C)c(C)c1. The fourth-order valence-electron chi connectivity index (χ4n) is 2.35. The number of nitrogens with zero attached hydrogens (tertiary/aromatic N) is 1. The molecule has 1 aromatic carbocycles. The van der Waals surface area contributed by atoms with Crippen LogP contribution in [-0.4, -0.2) is 39.4 Å². The van der Waals surface area contributed by atoms with Gasteiger partial charge in [0.2, 0.25) is 0 Å². The Morgan fingerprint density at radius 3 is 2.88 bits per heavy atom. The standard InChI is InChI=1S/C14H22N2O/c1-11-4-5-13(8-12(11)2)16-7-6-15-9-14(16)10-17-3/h4-5,8,14-15H,6-7,9-10H2,1-3H3. The zero-order valence-corrected chi connectivity index (χ0v) is 11.0. The molecule has 0 amide bonds. The normalized spacial score (nSPS) is 20.6. The fourth-order valence-corrected chi connectivity index (χ4v) is 2.35. The zero-order valence-electron chi connectivity index (χ0n) is 11.0. The molecule has 0 saturated carbocycles. The summed E-state index contributed by atoms with van der Waals surface area (Å²) in [6.45, 7) is 8.21. The van der Waals surface area contributed by atoms with Crippen LogP contribution in [0.1, 0.15) is 11.1 Å². The van der Waals surface area contributed by atoms with Gasteiger partial charge in [-0.2, -0.15) is 0 Å². The van der Waals surface area contributed by atoms with Gasteiger partial charge in [-0.3, -0.25) is 0 Å². The van der Waals surface area contributed by atoms with Gasteiger partial charge in [0.15, 0.2) is 0 Å². The highest BCUT2D eigenvalue weighted by molar-refractivity contribution is 5.52. The summed E-state index contributed by atoms with van der Waals surface area (Å²) >= 11 is 0. The summed E-state index contributed by atoms with van der Waals surface area (Å²) in [5.74, 6) is 0. The van der Waals surface area contributed by atoms with Gasteiger partial charge in [0.25, 0.3) is 0 Å². The topological polar surface area (TPSA) is 24.5 Å². The van der Waals surface area contributed by atoms with E-state index in [0.29, 0.717) is 6.04 Å². The Balaban J connectivity index is 2.20. The van der Waals surface area contributed by atoms with Crippen molar-refractivity contribution in [3.63, 3.8) is 0 Å². The van der Waals surface area contributed by atoms with Crippen LogP contribution in [0.2, 0.25) is 0 Å². The number of anilines is 1. The summed E-state index contributed by atoms with van der Waals surface area (Å²) in [5.41, 5.74) is 4.03. The molecular formula is C14H22N2O. The Kier molecular flexibility index (Phi) is 4.02. The highest BCUT2D eigenvalue weighted by Gasteiger charge is 2.22. The first-order valence-electron chi connectivity index (χ1n) is 6.26. The van der Waals surface area contributed by atoms with E-state index in [2.05, 4.69) is 42.3 Å². The summed E-state index contributed by atoms with van der Waals surface area (Å²) in [4.78, 5) is 2.45. The van der Waals surface area contributed by atoms with Crippen molar-refractivity contribution >= 4 is 5.69 Å². The van der Waals surface area contributed by atoms with Crippen LogP contribution in [0.25, 0.3) is 0 Å². The Bertz CT molecular complexity index is 376. The second-order valence-corrected chi connectivity index (χ2v) is 4.78. The lowest BCUT2D eigenvalue weighted by Gasteiger charge is -2.37. The van der Waals surface area contributed by atoms with Crippen molar-refractivity contribution in [1.82, 2.24) is 5.32 Å². The highest BCUT2D eigenvalue weighted by Crippen LogP contribution is 2.21. The van der Waals surface area contributed by atoms with Gasteiger partial charge in [-0.25, -0.2) is 0 Å². The average molecular weight is 234 g/mol. The molecule has 1 fully saturated rings. The van der Waals surface area contributed by atoms with Crippen molar-refractivity contribution in [3.8, 4) is 0 Å². The molecule has 1 heterocycles. The largest absolute Gasteiger partial charge is 0.383 e. The van der Waals surface area contributed by atoms with E-state index in [4.69, 9.17) is 4.74 Å². The number of piperazine rings is 1. The summed E-state index contributed by atoms with van der Waals surface area (Å²) in [7, 11) is 1.77. The van der Waals surface area contributed by atoms with E-state index in [9.17, 15) is 0 Å². The molecule has 0 aromatic heterocycles. The molecule has 3 nitrogen and oxygen atoms in total. The van der Waals surface area contributed by atoms with E-state index in [1.54, 1.807) is 7.11 Å². The summed E-state index contributed by atoms with van der Waals surface area (Å²) in [6, 6.07) is 7.15. The smallest absolute Gasteiger partial charge is 0.0678 e. The maximum atomic E-state index is 5.31. The molecule has 1 saturated heterocycles. The van der Waals surface area contributed by atoms with Crippen LogP contribution >= 0.6 is 0 Å². The number of ether oxygens (including phenoxy) is 1. The van der Waals surface area contributed by atoms with Crippen LogP contribution in [-0.2, 0) is 4.74 Å². The van der Waals surface area contributed by atoms with Crippen molar-refractivity contribution in [2.24, 2.45) is 0 Å². The van der Waals surface area contributed by atoms with Gasteiger partial charge in [0, 0.05) is 32.4 Å². The van der Waals surface area contributed by atoms with Crippen LogP contribution in [0.4, 0.5) is 5.69 Å². The van der Waals surface area contributed by atoms with Crippen molar-refractivity contribution in [2.75, 3.05) is 38.3 Å². The Hall–Kier alpha value is -1.06. The predicted octanol–water partition coefficient (Wildman–Crippen LogP) is 1.73. The van der Waals surface area contributed by atoms with E-state index in [1.807, 2.05) is 0 Å². The van der Waals surface area contributed by atoms with E-state index >= 15 is 0 Å². The minimum Gasteiger partial charge on any atom is -0.383 e. The third-order valence-corrected chi connectivity index (χ3v) is 3.53. The van der Waals surface area contributed by atoms with Gasteiger partial charge < -0.3 is 15.0 Å². The lowest BCUT2D eigenvalue weighted by atomic mass is 10.1. The molecule has 94 valence electrons. The summed E-state index contributed by atoms with van der Waals surface area (Å²) < 4.78 is 5.31. The van der Waals surface area contributed by atoms with E-state index < -0.39 is 0 Å². The molecule has 1 atom stereocenters. The summed E-state index contributed by atoms with van der Waals surface area (Å²) in [5, 5.41) is 3.42. The number of hydrogen-bond acceptors (Lipinski definition) is 3. The molecule has 0 spiro atoms. The van der Waals surface area contributed by atoms with Gasteiger partial charge in [0.05, 0.1) is 12.6 Å². The number of nitrogens with one attached hydrogen (secondary N) is 1. The third-order valence-electron chi connectivity index (χ3n) is 3.53. The van der Waals surface area contributed by atoms with Crippen molar-refractivity contribution < 1.29 is 4.74 Å². The van der Waals surface area contributed by atoms with E-state index in [-0.39, 0.29) is 0 Å². The van der Waals surface area contributed by atoms with Crippen molar-refractivity contribution in [2.45, 2.75) is 19.9 Å². The zero-order chi connectivity index (χ0) is 12.3. The lowest BCUT2D eigenvalue weighted by Crippen LogP contribution is -2.53. The van der Waals surface area contributed by atoms with Crippen LogP contribution in [0.5, 0.6) is 0 Å². The van der Waals surface area contributed by atoms with E-state index in [1.165, 1.54) is 16.8 Å². The van der Waals surface area contributed by atoms with Crippen LogP contribution < -0.4 is 10.2 Å². The lowest BCUT2D eigenvalue weighted by molar-refractivity contribution is 0.170. The highest BCUT2D eigenvalue weighted by atomic mass is 16.5. The number of hydrogen-bond donors (Lipinski definition) is 1. The molecule has 1 aromatic rings. The third kappa shape index (κ3) is 2.79. The Morgan fingerprint density at radius 1 is 1.35 bits per heavy atom. The van der Waals surface area contributed by atoms with Gasteiger partial charge in [-0.05, 0) is 37.1 Å². The van der Waals surface area contributed by atoms with Crippen molar-refractivity contribution in [3.05, 3.63) is 29.3 Å². The predicted molar refractivity (Wildman–Crippen MR) is 71.8 cm³/mol. The number of aryl methyl sites for hydroxylation is 2. The van der Waals surface area contributed by atoms with Crippen molar-refractivity contribution in [1.29, 1.82) is 0 Å². The minimum absolute atomic E-state index is 0.441. The molecule has 17 heavy (non-hydrogen) atoms. The molecule has 3 heteroatoms. The summed E-state index contributed by atoms with van der Waals surface area (Å²) in [6.07, 6.45) is 0. The molecule has 0 radical (unpaired) electrons. The first-order chi connectivity index (χ1) is 8.22. The Labute approximate surface area is 104 Å². The van der Waals surface area contributed by atoms with Gasteiger partial charge >= 0.3 is 0 Å². The average Bonchev–Trinajstić information content (AvgIpc) is 2.34. The minimum atomic E-state index is 0.441. The fraction of sp³-hybridized carbons (Fsp3) is 0.571. The maximum Gasteiger partial charge on any atom is 0.0678 e. The first kappa shape index (κ1) is 12.4. The number of methoxy groups -OCH3 is 1. The second-order valence-electron chi connectivity index (χ2n) is 4.78. The van der Waals surface area contributed by atoms with Crippen LogP contribution in [0, 0.1) is 13.8 Å². The molecule has 1 aliphatic heterocycles. The van der Waals surface area contributed by atoms with Crippen LogP contribution in [0.15, 0.2) is 18.2 Å². The number of benzene rings is 1. The second kappa shape index (κ2) is 5.52. The molecular weight excluding hydrogens is 212 g/mol. The quantitative estimate of drug-likeness (QED) is 0.862. The van der Waals surface area contributed by atoms with Gasteiger partial charge in [0.1, 0.15) is 0 Å². The molecule has 1 aliphatic rings. The maximum absolute atomic E-state index is 5.31. The molecule has 1 N–H and O–H groups in total. The molecule has 0 bridgehead atoms. The first-order valence-corrected chi connectivity index (χ1v) is 6.26. The molecule has 0 aliphatic carbocycles. The molecule has 2 rings (SSSR count). The van der Waals surface area contributed by atoms with E-state index in [0.717, 1.165) is 26.2 Å². The van der Waals surface area contributed by atoms with Gasteiger partial charge in [-0.15, -0.1) is 0 Å². The Morgan fingerprint density at radius 2 is 2.18 bits per heavy atom. The molecule has 1 unspecified atom stereocenters. The number of rotatable bonds is 3. The van der Waals surface area contributed by atoms with Crippen LogP contribution in [0.3, 0.4) is 0 Å². The monoisotopic (exact) mass is 234 g/mol. The van der Waals surface area contributed by atoms with Gasteiger partial charge in [-0.1, -0.05) is 6.07 Å².